The third kappa shape index (κ3) is 4.37. The molecule has 1 aromatic rings. The molecule has 2 saturated heterocycles. The Balaban J connectivity index is 0.00000208. The SMILES string of the molecule is COc1ccc(CN2CCN(C(=O)C3CCCN3)CC2)cc1F.Cl. The molecule has 2 aliphatic rings. The number of halogens is 2. The molecule has 2 fully saturated rings. The van der Waals surface area contributed by atoms with Crippen LogP contribution < -0.4 is 10.1 Å². The van der Waals surface area contributed by atoms with Crippen molar-refractivity contribution in [1.29, 1.82) is 0 Å². The summed E-state index contributed by atoms with van der Waals surface area (Å²) in [6.07, 6.45) is 2.03. The van der Waals surface area contributed by atoms with Crippen molar-refractivity contribution in [3.8, 4) is 5.75 Å². The van der Waals surface area contributed by atoms with E-state index in [9.17, 15) is 9.18 Å². The minimum absolute atomic E-state index is 0. The number of carbonyl (C=O) groups is 1. The lowest BCUT2D eigenvalue weighted by atomic mass is 10.1. The van der Waals surface area contributed by atoms with E-state index >= 15 is 0 Å². The van der Waals surface area contributed by atoms with Gasteiger partial charge in [-0.05, 0) is 37.1 Å². The molecule has 1 N–H and O–H groups in total. The van der Waals surface area contributed by atoms with Gasteiger partial charge >= 0.3 is 0 Å². The molecule has 1 atom stereocenters. The standard InChI is InChI=1S/C17H24FN3O2.ClH/c1-23-16-5-4-13(11-14(16)18)12-20-7-9-21(10-8-20)17(22)15-3-2-6-19-15;/h4-5,11,15,19H,2-3,6-10,12H2,1H3;1H. The second-order valence-electron chi connectivity index (χ2n) is 6.22. The van der Waals surface area contributed by atoms with E-state index in [0.29, 0.717) is 6.54 Å². The normalized spacial score (nSPS) is 21.4. The van der Waals surface area contributed by atoms with Gasteiger partial charge in [0.25, 0.3) is 0 Å². The van der Waals surface area contributed by atoms with Crippen LogP contribution in [0.5, 0.6) is 5.75 Å². The third-order valence-corrected chi connectivity index (χ3v) is 4.66. The summed E-state index contributed by atoms with van der Waals surface area (Å²) in [5.41, 5.74) is 0.931. The number of nitrogens with zero attached hydrogens (tertiary/aromatic N) is 2. The summed E-state index contributed by atoms with van der Waals surface area (Å²) < 4.78 is 18.7. The van der Waals surface area contributed by atoms with Crippen LogP contribution in [-0.2, 0) is 11.3 Å². The first kappa shape index (κ1) is 19.0. The zero-order chi connectivity index (χ0) is 16.2. The van der Waals surface area contributed by atoms with Gasteiger partial charge in [0.15, 0.2) is 11.6 Å². The molecule has 2 aliphatic heterocycles. The number of methoxy groups -OCH3 is 1. The van der Waals surface area contributed by atoms with Crippen molar-refractivity contribution in [1.82, 2.24) is 15.1 Å². The molecule has 24 heavy (non-hydrogen) atoms. The largest absolute Gasteiger partial charge is 0.494 e. The molecular weight excluding hydrogens is 333 g/mol. The fraction of sp³-hybridized carbons (Fsp3) is 0.588. The monoisotopic (exact) mass is 357 g/mol. The molecule has 5 nitrogen and oxygen atoms in total. The molecule has 1 aromatic carbocycles. The van der Waals surface area contributed by atoms with Crippen molar-refractivity contribution in [3.63, 3.8) is 0 Å². The predicted octanol–water partition coefficient (Wildman–Crippen LogP) is 1.65. The maximum atomic E-state index is 13.7. The zero-order valence-corrected chi connectivity index (χ0v) is 14.8. The maximum Gasteiger partial charge on any atom is 0.239 e. The summed E-state index contributed by atoms with van der Waals surface area (Å²) in [7, 11) is 1.47. The highest BCUT2D eigenvalue weighted by Gasteiger charge is 2.29. The summed E-state index contributed by atoms with van der Waals surface area (Å²) in [5, 5.41) is 3.26. The molecular formula is C17H25ClFN3O2. The van der Waals surface area contributed by atoms with Crippen molar-refractivity contribution in [2.45, 2.75) is 25.4 Å². The van der Waals surface area contributed by atoms with Crippen LogP contribution in [-0.4, -0.2) is 61.6 Å². The van der Waals surface area contributed by atoms with Crippen LogP contribution >= 0.6 is 12.4 Å². The molecule has 0 bridgehead atoms. The summed E-state index contributed by atoms with van der Waals surface area (Å²) in [6, 6.07) is 5.09. The van der Waals surface area contributed by atoms with Crippen molar-refractivity contribution < 1.29 is 13.9 Å². The molecule has 0 radical (unpaired) electrons. The maximum absolute atomic E-state index is 13.7. The van der Waals surface area contributed by atoms with Crippen LogP contribution in [0.1, 0.15) is 18.4 Å². The third-order valence-electron chi connectivity index (χ3n) is 4.66. The smallest absolute Gasteiger partial charge is 0.239 e. The lowest BCUT2D eigenvalue weighted by Crippen LogP contribution is -2.52. The average Bonchev–Trinajstić information content (AvgIpc) is 3.09. The fourth-order valence-electron chi connectivity index (χ4n) is 3.31. The fourth-order valence-corrected chi connectivity index (χ4v) is 3.31. The molecule has 1 amide bonds. The van der Waals surface area contributed by atoms with Gasteiger partial charge in [-0.15, -0.1) is 12.4 Å². The Hall–Kier alpha value is -1.37. The van der Waals surface area contributed by atoms with E-state index in [2.05, 4.69) is 10.2 Å². The van der Waals surface area contributed by atoms with Gasteiger partial charge in [0.1, 0.15) is 0 Å². The molecule has 0 aliphatic carbocycles. The van der Waals surface area contributed by atoms with Gasteiger partial charge in [0.2, 0.25) is 5.91 Å². The highest BCUT2D eigenvalue weighted by Crippen LogP contribution is 2.19. The van der Waals surface area contributed by atoms with E-state index in [1.165, 1.54) is 13.2 Å². The summed E-state index contributed by atoms with van der Waals surface area (Å²) >= 11 is 0. The number of carbonyl (C=O) groups excluding carboxylic acids is 1. The van der Waals surface area contributed by atoms with Gasteiger partial charge in [0, 0.05) is 32.7 Å². The van der Waals surface area contributed by atoms with Crippen LogP contribution in [0.2, 0.25) is 0 Å². The van der Waals surface area contributed by atoms with Gasteiger partial charge in [-0.25, -0.2) is 4.39 Å². The van der Waals surface area contributed by atoms with E-state index in [4.69, 9.17) is 4.74 Å². The highest BCUT2D eigenvalue weighted by atomic mass is 35.5. The lowest BCUT2D eigenvalue weighted by Gasteiger charge is -2.36. The molecule has 7 heteroatoms. The number of amides is 1. The first-order valence-corrected chi connectivity index (χ1v) is 8.24. The quantitative estimate of drug-likeness (QED) is 0.890. The molecule has 2 heterocycles. The minimum atomic E-state index is -0.328. The number of benzene rings is 1. The van der Waals surface area contributed by atoms with Gasteiger partial charge in [-0.1, -0.05) is 6.07 Å². The Morgan fingerprint density at radius 3 is 2.67 bits per heavy atom. The number of nitrogens with one attached hydrogen (secondary N) is 1. The van der Waals surface area contributed by atoms with E-state index in [-0.39, 0.29) is 35.9 Å². The van der Waals surface area contributed by atoms with Crippen LogP contribution in [0.15, 0.2) is 18.2 Å². The van der Waals surface area contributed by atoms with Crippen molar-refractivity contribution in [2.75, 3.05) is 39.8 Å². The van der Waals surface area contributed by atoms with Crippen molar-refractivity contribution >= 4 is 18.3 Å². The Kier molecular flexibility index (Phi) is 6.83. The zero-order valence-electron chi connectivity index (χ0n) is 14.0. The van der Waals surface area contributed by atoms with Crippen LogP contribution in [0, 0.1) is 5.82 Å². The Morgan fingerprint density at radius 1 is 1.33 bits per heavy atom. The first-order valence-electron chi connectivity index (χ1n) is 8.24. The summed E-state index contributed by atoms with van der Waals surface area (Å²) in [6.45, 7) is 4.79. The predicted molar refractivity (Wildman–Crippen MR) is 93.1 cm³/mol. The lowest BCUT2D eigenvalue weighted by molar-refractivity contribution is -0.134. The first-order chi connectivity index (χ1) is 11.2. The summed E-state index contributed by atoms with van der Waals surface area (Å²) in [5.74, 6) is 0.178. The van der Waals surface area contributed by atoms with Gasteiger partial charge in [-0.2, -0.15) is 0 Å². The van der Waals surface area contributed by atoms with Gasteiger partial charge in [0.05, 0.1) is 13.2 Å². The number of piperazine rings is 1. The van der Waals surface area contributed by atoms with Crippen molar-refractivity contribution in [2.24, 2.45) is 0 Å². The van der Waals surface area contributed by atoms with Gasteiger partial charge < -0.3 is 15.0 Å². The molecule has 1 unspecified atom stereocenters. The molecule has 0 aromatic heterocycles. The molecule has 134 valence electrons. The second-order valence-corrected chi connectivity index (χ2v) is 6.22. The minimum Gasteiger partial charge on any atom is -0.494 e. The number of ether oxygens (including phenoxy) is 1. The Labute approximate surface area is 148 Å². The topological polar surface area (TPSA) is 44.8 Å². The number of hydrogen-bond donors (Lipinski definition) is 1. The van der Waals surface area contributed by atoms with Crippen LogP contribution in [0.25, 0.3) is 0 Å². The number of rotatable bonds is 4. The highest BCUT2D eigenvalue weighted by molar-refractivity contribution is 5.85. The Morgan fingerprint density at radius 2 is 2.08 bits per heavy atom. The average molecular weight is 358 g/mol. The summed E-state index contributed by atoms with van der Waals surface area (Å²) in [4.78, 5) is 16.6. The van der Waals surface area contributed by atoms with Crippen LogP contribution in [0.3, 0.4) is 0 Å². The van der Waals surface area contributed by atoms with Crippen LogP contribution in [0.4, 0.5) is 4.39 Å². The Bertz CT molecular complexity index is 559. The molecule has 0 saturated carbocycles. The molecule has 0 spiro atoms. The van der Waals surface area contributed by atoms with E-state index in [1.807, 2.05) is 11.0 Å². The van der Waals surface area contributed by atoms with E-state index < -0.39 is 0 Å². The van der Waals surface area contributed by atoms with E-state index in [0.717, 1.165) is 51.1 Å². The molecule has 3 rings (SSSR count). The van der Waals surface area contributed by atoms with Crippen molar-refractivity contribution in [3.05, 3.63) is 29.6 Å². The van der Waals surface area contributed by atoms with E-state index in [1.54, 1.807) is 6.07 Å². The van der Waals surface area contributed by atoms with Gasteiger partial charge in [-0.3, -0.25) is 9.69 Å². The number of hydrogen-bond acceptors (Lipinski definition) is 4. The second kappa shape index (κ2) is 8.65.